The van der Waals surface area contributed by atoms with E-state index in [0.29, 0.717) is 11.3 Å². The van der Waals surface area contributed by atoms with Crippen LogP contribution in [-0.2, 0) is 9.47 Å². The van der Waals surface area contributed by atoms with Crippen LogP contribution in [0.15, 0.2) is 23.8 Å². The van der Waals surface area contributed by atoms with Crippen molar-refractivity contribution in [1.82, 2.24) is 0 Å². The second kappa shape index (κ2) is 12.3. The number of allylic oxidation sites excluding steroid dienone is 2. The van der Waals surface area contributed by atoms with Crippen molar-refractivity contribution >= 4 is 0 Å². The first-order chi connectivity index (χ1) is 19.4. The zero-order valence-corrected chi connectivity index (χ0v) is 26.3. The highest BCUT2D eigenvalue weighted by atomic mass is 16.7. The molecular weight excluding hydrogens is 516 g/mol. The monoisotopic (exact) mass is 574 g/mol. The van der Waals surface area contributed by atoms with Crippen molar-refractivity contribution in [3.8, 4) is 0 Å². The van der Waals surface area contributed by atoms with Gasteiger partial charge >= 0.3 is 0 Å². The normalized spacial score (nSPS) is 47.5. The van der Waals surface area contributed by atoms with E-state index in [0.717, 1.165) is 55.3 Å². The number of hydrogen-bond acceptors (Lipinski definition) is 6. The third-order valence-electron chi connectivity index (χ3n) is 13.2. The number of ether oxygens (including phenoxy) is 2. The molecule has 0 radical (unpaired) electrons. The highest BCUT2D eigenvalue weighted by Crippen LogP contribution is 2.67. The molecule has 4 aliphatic carbocycles. The summed E-state index contributed by atoms with van der Waals surface area (Å²) in [6.07, 6.45) is 9.51. The van der Waals surface area contributed by atoms with Gasteiger partial charge in [0, 0.05) is 0 Å². The van der Waals surface area contributed by atoms with Crippen LogP contribution < -0.4 is 0 Å². The third kappa shape index (κ3) is 5.64. The molecule has 0 amide bonds. The molecule has 1 saturated heterocycles. The lowest BCUT2D eigenvalue weighted by Crippen LogP contribution is -2.60. The largest absolute Gasteiger partial charge is 0.394 e. The van der Waals surface area contributed by atoms with Crippen molar-refractivity contribution in [2.24, 2.45) is 46.3 Å². The Bertz CT molecular complexity index is 962. The van der Waals surface area contributed by atoms with Gasteiger partial charge in [-0.1, -0.05) is 51.5 Å². The summed E-state index contributed by atoms with van der Waals surface area (Å²) < 4.78 is 11.9. The summed E-state index contributed by atoms with van der Waals surface area (Å²) in [5, 5.41) is 40.4. The van der Waals surface area contributed by atoms with E-state index in [9.17, 15) is 20.4 Å². The maximum absolute atomic E-state index is 10.5. The smallest absolute Gasteiger partial charge is 0.186 e. The molecule has 14 atom stereocenters. The Morgan fingerprint density at radius 3 is 2.49 bits per heavy atom. The molecule has 6 heteroatoms. The molecule has 5 rings (SSSR count). The van der Waals surface area contributed by atoms with Crippen LogP contribution >= 0.6 is 0 Å². The van der Waals surface area contributed by atoms with Crippen molar-refractivity contribution in [3.63, 3.8) is 0 Å². The molecule has 1 aliphatic heterocycles. The first-order valence-electron chi connectivity index (χ1n) is 16.7. The summed E-state index contributed by atoms with van der Waals surface area (Å²) in [5.41, 5.74) is 3.49. The molecule has 0 aromatic carbocycles. The van der Waals surface area contributed by atoms with Crippen LogP contribution in [0.2, 0.25) is 0 Å². The lowest BCUT2D eigenvalue weighted by atomic mass is 9.47. The molecule has 4 fully saturated rings. The van der Waals surface area contributed by atoms with Gasteiger partial charge in [-0.15, -0.1) is 0 Å². The van der Waals surface area contributed by atoms with Gasteiger partial charge in [-0.25, -0.2) is 0 Å². The first kappa shape index (κ1) is 31.7. The van der Waals surface area contributed by atoms with E-state index in [-0.39, 0.29) is 11.5 Å². The fourth-order valence-corrected chi connectivity index (χ4v) is 10.6. The number of fused-ring (bicyclic) bond motifs is 5. The van der Waals surface area contributed by atoms with E-state index in [4.69, 9.17) is 9.47 Å². The van der Waals surface area contributed by atoms with E-state index in [1.807, 2.05) is 0 Å². The van der Waals surface area contributed by atoms with E-state index in [1.165, 1.54) is 56.1 Å². The topological polar surface area (TPSA) is 99.4 Å². The van der Waals surface area contributed by atoms with E-state index in [2.05, 4.69) is 47.3 Å². The number of aliphatic hydroxyl groups is 4. The highest BCUT2D eigenvalue weighted by molar-refractivity contribution is 5.25. The average Bonchev–Trinajstić information content (AvgIpc) is 3.30. The summed E-state index contributed by atoms with van der Waals surface area (Å²) in [7, 11) is 0. The van der Waals surface area contributed by atoms with Gasteiger partial charge in [-0.2, -0.15) is 0 Å². The molecule has 0 aromatic heterocycles. The second-order valence-corrected chi connectivity index (χ2v) is 15.2. The maximum atomic E-state index is 10.5. The molecule has 5 aliphatic rings. The van der Waals surface area contributed by atoms with E-state index in [1.54, 1.807) is 0 Å². The third-order valence-corrected chi connectivity index (χ3v) is 13.2. The van der Waals surface area contributed by atoms with Crippen LogP contribution in [0.25, 0.3) is 0 Å². The molecule has 0 aromatic rings. The first-order valence-corrected chi connectivity index (χ1v) is 16.7. The van der Waals surface area contributed by atoms with Crippen LogP contribution in [0.3, 0.4) is 0 Å². The second-order valence-electron chi connectivity index (χ2n) is 15.2. The zero-order chi connectivity index (χ0) is 29.7. The van der Waals surface area contributed by atoms with Crippen molar-refractivity contribution in [1.29, 1.82) is 0 Å². The van der Waals surface area contributed by atoms with Gasteiger partial charge in [0.05, 0.1) is 12.7 Å². The van der Waals surface area contributed by atoms with E-state index < -0.39 is 37.3 Å². The Hall–Kier alpha value is -0.760. The lowest BCUT2D eigenvalue weighted by Gasteiger charge is -2.58. The number of hydrogen-bond donors (Lipinski definition) is 4. The Morgan fingerprint density at radius 2 is 1.80 bits per heavy atom. The lowest BCUT2D eigenvalue weighted by molar-refractivity contribution is -0.313. The molecule has 41 heavy (non-hydrogen) atoms. The molecule has 234 valence electrons. The zero-order valence-electron chi connectivity index (χ0n) is 26.3. The predicted molar refractivity (Wildman–Crippen MR) is 161 cm³/mol. The number of aliphatic hydroxyl groups excluding tert-OH is 4. The summed E-state index contributed by atoms with van der Waals surface area (Å²) >= 11 is 0. The van der Waals surface area contributed by atoms with Crippen molar-refractivity contribution < 1.29 is 29.9 Å². The van der Waals surface area contributed by atoms with Crippen molar-refractivity contribution in [2.45, 2.75) is 142 Å². The number of rotatable bonds is 9. The molecule has 3 saturated carbocycles. The van der Waals surface area contributed by atoms with E-state index >= 15 is 0 Å². The van der Waals surface area contributed by atoms with Crippen LogP contribution in [0.1, 0.15) is 105 Å². The Labute approximate surface area is 248 Å². The molecule has 0 bridgehead atoms. The van der Waals surface area contributed by atoms with Crippen LogP contribution in [0.5, 0.6) is 0 Å². The summed E-state index contributed by atoms with van der Waals surface area (Å²) in [5.74, 6) is 4.57. The van der Waals surface area contributed by atoms with Gasteiger partial charge in [-0.05, 0) is 124 Å². The molecule has 6 nitrogen and oxygen atoms in total. The summed E-state index contributed by atoms with van der Waals surface area (Å²) in [6, 6.07) is 0. The van der Waals surface area contributed by atoms with Gasteiger partial charge in [-0.3, -0.25) is 0 Å². The minimum atomic E-state index is -1.40. The summed E-state index contributed by atoms with van der Waals surface area (Å²) in [6.45, 7) is 16.0. The molecule has 0 spiro atoms. The van der Waals surface area contributed by atoms with Gasteiger partial charge in [0.25, 0.3) is 0 Å². The fourth-order valence-electron chi connectivity index (χ4n) is 10.6. The quantitative estimate of drug-likeness (QED) is 0.261. The van der Waals surface area contributed by atoms with Crippen molar-refractivity contribution in [2.75, 3.05) is 6.61 Å². The Kier molecular flexibility index (Phi) is 9.51. The molecule has 4 N–H and O–H groups in total. The van der Waals surface area contributed by atoms with Crippen LogP contribution in [-0.4, -0.2) is 63.8 Å². The Balaban J connectivity index is 1.24. The van der Waals surface area contributed by atoms with Gasteiger partial charge in [0.2, 0.25) is 0 Å². The average molecular weight is 575 g/mol. The highest BCUT2D eigenvalue weighted by Gasteiger charge is 2.59. The molecular formula is C35H58O6. The minimum absolute atomic E-state index is 0.107. The molecule has 1 heterocycles. The van der Waals surface area contributed by atoms with Crippen molar-refractivity contribution in [3.05, 3.63) is 23.8 Å². The standard InChI is InChI=1S/C35H58O6/c1-7-22(20(2)3)9-8-21(4)26-12-13-27-25-11-10-23-18-24(14-16-34(23,5)28(25)15-17-35(26,27)6)40-33-32(39)31(38)30(37)29(19-36)41-33/h10,21-22,24-33,36-39H,2,7-9,11-19H2,1,3-6H3/t21-,22-,24+,25+,26-,27+,28+,29-,30-,31+,32-,33?,34+,35-/m1/s1. The Morgan fingerprint density at radius 1 is 1.05 bits per heavy atom. The minimum Gasteiger partial charge on any atom is -0.394 e. The van der Waals surface area contributed by atoms with Gasteiger partial charge in [0.15, 0.2) is 6.29 Å². The predicted octanol–water partition coefficient (Wildman–Crippen LogP) is 5.77. The van der Waals surface area contributed by atoms with Gasteiger partial charge in [0.1, 0.15) is 24.4 Å². The maximum Gasteiger partial charge on any atom is 0.186 e. The van der Waals surface area contributed by atoms with Crippen LogP contribution in [0, 0.1) is 46.3 Å². The SMILES string of the molecule is C=C(C)[C@H](CC)CC[C@@H](C)[C@H]1CC[C@H]2[C@@H]3CC=C4C[C@@H](OC5O[C@H](CO)[C@@H](O)[C@H](O)[C@H]5O)CC[C@]4(C)[C@H]3CC[C@]12C. The summed E-state index contributed by atoms with van der Waals surface area (Å²) in [4.78, 5) is 0. The van der Waals surface area contributed by atoms with Crippen LogP contribution in [0.4, 0.5) is 0 Å². The molecule has 1 unspecified atom stereocenters. The fraction of sp³-hybridized carbons (Fsp3) is 0.886. The van der Waals surface area contributed by atoms with Gasteiger partial charge < -0.3 is 29.9 Å².